The quantitative estimate of drug-likeness (QED) is 0.530. The van der Waals surface area contributed by atoms with Crippen LogP contribution in [0.25, 0.3) is 27.8 Å². The van der Waals surface area contributed by atoms with Crippen molar-refractivity contribution in [3.63, 3.8) is 0 Å². The zero-order valence-electron chi connectivity index (χ0n) is 10.4. The molecule has 0 radical (unpaired) electrons. The molecule has 0 spiro atoms. The summed E-state index contributed by atoms with van der Waals surface area (Å²) < 4.78 is 14.8. The lowest BCUT2D eigenvalue weighted by molar-refractivity contribution is 0.629. The Morgan fingerprint density at radius 3 is 2.75 bits per heavy atom. The molecule has 0 atom stereocenters. The maximum absolute atomic E-state index is 13.2. The van der Waals surface area contributed by atoms with Crippen molar-refractivity contribution in [3.8, 4) is 5.82 Å². The number of fused-ring (bicyclic) bond motifs is 2. The number of hydrogen-bond acceptors (Lipinski definition) is 3. The van der Waals surface area contributed by atoms with Crippen LogP contribution in [0.2, 0.25) is 0 Å². The zero-order valence-corrected chi connectivity index (χ0v) is 10.4. The van der Waals surface area contributed by atoms with Crippen LogP contribution in [0.5, 0.6) is 0 Å². The first-order chi connectivity index (χ1) is 9.81. The second kappa shape index (κ2) is 4.09. The largest absolute Gasteiger partial charge is 0.229 e. The first-order valence-electron chi connectivity index (χ1n) is 6.18. The number of halogens is 1. The maximum atomic E-state index is 13.2. The Hall–Kier alpha value is -2.82. The summed E-state index contributed by atoms with van der Waals surface area (Å²) in [5, 5.41) is 8.98. The highest BCUT2D eigenvalue weighted by Crippen LogP contribution is 2.18. The number of pyridine rings is 1. The Labute approximate surface area is 113 Å². The van der Waals surface area contributed by atoms with Gasteiger partial charge in [0.1, 0.15) is 11.3 Å². The van der Waals surface area contributed by atoms with Gasteiger partial charge in [-0.15, -0.1) is 5.10 Å². The fourth-order valence-corrected chi connectivity index (χ4v) is 2.24. The number of benzene rings is 2. The highest BCUT2D eigenvalue weighted by atomic mass is 19.1. The van der Waals surface area contributed by atoms with E-state index < -0.39 is 0 Å². The molecule has 0 saturated heterocycles. The van der Waals surface area contributed by atoms with Crippen LogP contribution >= 0.6 is 0 Å². The molecular weight excluding hydrogens is 255 g/mol. The van der Waals surface area contributed by atoms with Crippen LogP contribution < -0.4 is 0 Å². The van der Waals surface area contributed by atoms with Crippen molar-refractivity contribution in [3.05, 3.63) is 60.4 Å². The maximum Gasteiger partial charge on any atom is 0.156 e. The van der Waals surface area contributed by atoms with Gasteiger partial charge in [0.05, 0.1) is 11.0 Å². The lowest BCUT2D eigenvalue weighted by Gasteiger charge is -2.03. The van der Waals surface area contributed by atoms with E-state index in [1.807, 2.05) is 36.4 Å². The standard InChI is InChI=1S/C15H9FN4/c16-11-6-7-12-10(9-11)5-8-15(17-12)20-14-4-2-1-3-13(14)18-19-20/h1-9H. The number of rotatable bonds is 1. The van der Waals surface area contributed by atoms with Gasteiger partial charge in [-0.25, -0.2) is 9.37 Å². The van der Waals surface area contributed by atoms with E-state index in [0.29, 0.717) is 5.82 Å². The van der Waals surface area contributed by atoms with Crippen molar-refractivity contribution >= 4 is 21.9 Å². The molecule has 0 aliphatic rings. The van der Waals surface area contributed by atoms with E-state index in [1.54, 1.807) is 10.7 Å². The number of nitrogens with zero attached hydrogens (tertiary/aromatic N) is 4. The van der Waals surface area contributed by atoms with Crippen LogP contribution in [-0.4, -0.2) is 20.0 Å². The van der Waals surface area contributed by atoms with Crippen LogP contribution in [-0.2, 0) is 0 Å². The molecule has 0 N–H and O–H groups in total. The van der Waals surface area contributed by atoms with Crippen LogP contribution in [0, 0.1) is 5.82 Å². The van der Waals surface area contributed by atoms with Crippen LogP contribution in [0.1, 0.15) is 0 Å². The van der Waals surface area contributed by atoms with Crippen molar-refractivity contribution in [2.45, 2.75) is 0 Å². The van der Waals surface area contributed by atoms with Gasteiger partial charge in [0.2, 0.25) is 0 Å². The molecule has 4 nitrogen and oxygen atoms in total. The van der Waals surface area contributed by atoms with Crippen molar-refractivity contribution in [2.24, 2.45) is 0 Å². The second-order valence-corrected chi connectivity index (χ2v) is 4.50. The van der Waals surface area contributed by atoms with Crippen LogP contribution in [0.4, 0.5) is 4.39 Å². The summed E-state index contributed by atoms with van der Waals surface area (Å²) in [6.07, 6.45) is 0. The number of hydrogen-bond donors (Lipinski definition) is 0. The average Bonchev–Trinajstić information content (AvgIpc) is 2.91. The molecule has 4 rings (SSSR count). The Morgan fingerprint density at radius 1 is 0.900 bits per heavy atom. The molecule has 20 heavy (non-hydrogen) atoms. The summed E-state index contributed by atoms with van der Waals surface area (Å²) in [6.45, 7) is 0. The first kappa shape index (κ1) is 11.0. The molecule has 0 unspecified atom stereocenters. The Morgan fingerprint density at radius 2 is 1.80 bits per heavy atom. The van der Waals surface area contributed by atoms with Crippen molar-refractivity contribution < 1.29 is 4.39 Å². The van der Waals surface area contributed by atoms with Crippen molar-refractivity contribution in [2.75, 3.05) is 0 Å². The smallest absolute Gasteiger partial charge is 0.156 e. The third kappa shape index (κ3) is 1.64. The molecule has 0 saturated carbocycles. The number of aromatic nitrogens is 4. The molecule has 0 amide bonds. The van der Waals surface area contributed by atoms with Crippen molar-refractivity contribution in [1.82, 2.24) is 20.0 Å². The van der Waals surface area contributed by atoms with Gasteiger partial charge in [-0.05, 0) is 42.5 Å². The molecule has 0 aliphatic heterocycles. The molecule has 4 aromatic rings. The summed E-state index contributed by atoms with van der Waals surface area (Å²) in [4.78, 5) is 4.50. The summed E-state index contributed by atoms with van der Waals surface area (Å²) in [5.41, 5.74) is 2.43. The minimum atomic E-state index is -0.266. The summed E-state index contributed by atoms with van der Waals surface area (Å²) in [5.74, 6) is 0.399. The monoisotopic (exact) mass is 264 g/mol. The van der Waals surface area contributed by atoms with E-state index in [2.05, 4.69) is 15.3 Å². The molecule has 0 bridgehead atoms. The molecule has 2 aromatic heterocycles. The molecule has 5 heteroatoms. The SMILES string of the molecule is Fc1ccc2nc(-n3nnc4ccccc43)ccc2c1. The average molecular weight is 264 g/mol. The molecular formula is C15H9FN4. The first-order valence-corrected chi connectivity index (χ1v) is 6.18. The van der Waals surface area contributed by atoms with E-state index in [1.165, 1.54) is 12.1 Å². The fourth-order valence-electron chi connectivity index (χ4n) is 2.24. The Kier molecular flexibility index (Phi) is 2.26. The second-order valence-electron chi connectivity index (χ2n) is 4.50. The molecule has 0 fully saturated rings. The Balaban J connectivity index is 1.96. The van der Waals surface area contributed by atoms with Gasteiger partial charge in [0, 0.05) is 5.39 Å². The summed E-state index contributed by atoms with van der Waals surface area (Å²) >= 11 is 0. The van der Waals surface area contributed by atoms with Gasteiger partial charge in [0.15, 0.2) is 5.82 Å². The predicted molar refractivity (Wildman–Crippen MR) is 74.1 cm³/mol. The molecule has 0 aliphatic carbocycles. The third-order valence-corrected chi connectivity index (χ3v) is 3.21. The molecule has 96 valence electrons. The van der Waals surface area contributed by atoms with Gasteiger partial charge < -0.3 is 0 Å². The highest BCUT2D eigenvalue weighted by molar-refractivity contribution is 5.80. The van der Waals surface area contributed by atoms with E-state index in [-0.39, 0.29) is 5.82 Å². The van der Waals surface area contributed by atoms with Crippen LogP contribution in [0.15, 0.2) is 54.6 Å². The van der Waals surface area contributed by atoms with Gasteiger partial charge in [-0.1, -0.05) is 17.3 Å². The third-order valence-electron chi connectivity index (χ3n) is 3.21. The predicted octanol–water partition coefficient (Wildman–Crippen LogP) is 3.11. The molecule has 2 heterocycles. The topological polar surface area (TPSA) is 43.6 Å². The summed E-state index contributed by atoms with van der Waals surface area (Å²) in [6, 6.07) is 15.8. The lowest BCUT2D eigenvalue weighted by Crippen LogP contribution is -1.99. The number of para-hydroxylation sites is 1. The van der Waals surface area contributed by atoms with Gasteiger partial charge in [-0.3, -0.25) is 0 Å². The lowest BCUT2D eigenvalue weighted by atomic mass is 10.2. The minimum absolute atomic E-state index is 0.266. The van der Waals surface area contributed by atoms with Gasteiger partial charge in [0.25, 0.3) is 0 Å². The Bertz CT molecular complexity index is 929. The summed E-state index contributed by atoms with van der Waals surface area (Å²) in [7, 11) is 0. The normalized spacial score (nSPS) is 11.2. The van der Waals surface area contributed by atoms with E-state index in [4.69, 9.17) is 0 Å². The zero-order chi connectivity index (χ0) is 13.5. The van der Waals surface area contributed by atoms with Crippen LogP contribution in [0.3, 0.4) is 0 Å². The molecule has 2 aromatic carbocycles. The van der Waals surface area contributed by atoms with Gasteiger partial charge >= 0.3 is 0 Å². The van der Waals surface area contributed by atoms with E-state index in [9.17, 15) is 4.39 Å². The van der Waals surface area contributed by atoms with E-state index in [0.717, 1.165) is 21.9 Å². The van der Waals surface area contributed by atoms with Crippen molar-refractivity contribution in [1.29, 1.82) is 0 Å². The minimum Gasteiger partial charge on any atom is -0.229 e. The highest BCUT2D eigenvalue weighted by Gasteiger charge is 2.07. The fraction of sp³-hybridized carbons (Fsp3) is 0. The van der Waals surface area contributed by atoms with E-state index >= 15 is 0 Å². The van der Waals surface area contributed by atoms with Gasteiger partial charge in [-0.2, -0.15) is 4.68 Å².